The number of fused-ring (bicyclic) bond motifs is 1. The van der Waals surface area contributed by atoms with Crippen LogP contribution in [-0.2, 0) is 20.9 Å². The monoisotopic (exact) mass is 428 g/mol. The van der Waals surface area contributed by atoms with Crippen LogP contribution in [0.25, 0.3) is 10.2 Å². The van der Waals surface area contributed by atoms with Crippen LogP contribution in [0.2, 0.25) is 5.02 Å². The summed E-state index contributed by atoms with van der Waals surface area (Å²) in [6, 6.07) is 9.10. The van der Waals surface area contributed by atoms with E-state index < -0.39 is 5.91 Å². The van der Waals surface area contributed by atoms with Gasteiger partial charge in [-0.15, -0.1) is 0 Å². The van der Waals surface area contributed by atoms with E-state index in [4.69, 9.17) is 11.6 Å². The second-order valence-electron chi connectivity index (χ2n) is 6.71. The normalized spacial score (nSPS) is 14.1. The summed E-state index contributed by atoms with van der Waals surface area (Å²) in [5.41, 5.74) is 2.34. The van der Waals surface area contributed by atoms with Crippen molar-refractivity contribution in [1.29, 1.82) is 0 Å². The summed E-state index contributed by atoms with van der Waals surface area (Å²) < 4.78 is 0.786. The van der Waals surface area contributed by atoms with Gasteiger partial charge in [-0.25, -0.2) is 4.98 Å². The molecule has 1 aromatic carbocycles. The number of imide groups is 1. The number of aromatic nitrogens is 2. The third-order valence-corrected chi connectivity index (χ3v) is 6.25. The van der Waals surface area contributed by atoms with Crippen molar-refractivity contribution < 1.29 is 14.4 Å². The Bertz CT molecular complexity index is 1060. The van der Waals surface area contributed by atoms with E-state index in [1.54, 1.807) is 24.4 Å². The van der Waals surface area contributed by atoms with Gasteiger partial charge in [0.15, 0.2) is 5.13 Å². The summed E-state index contributed by atoms with van der Waals surface area (Å²) in [5.74, 6) is -1.05. The molecule has 1 aliphatic rings. The van der Waals surface area contributed by atoms with Gasteiger partial charge >= 0.3 is 0 Å². The van der Waals surface area contributed by atoms with E-state index in [-0.39, 0.29) is 37.7 Å². The number of benzene rings is 1. The molecule has 0 unspecified atom stereocenters. The number of hydrogen-bond acceptors (Lipinski definition) is 6. The minimum atomic E-state index is -0.396. The maximum Gasteiger partial charge on any atom is 0.249 e. The number of hydrogen-bond donors (Lipinski definition) is 0. The van der Waals surface area contributed by atoms with Gasteiger partial charge in [-0.05, 0) is 30.7 Å². The first-order valence-electron chi connectivity index (χ1n) is 9.03. The maximum absolute atomic E-state index is 13.1. The Morgan fingerprint density at radius 3 is 2.62 bits per heavy atom. The molecular weight excluding hydrogens is 412 g/mol. The lowest BCUT2D eigenvalue weighted by atomic mass is 10.2. The van der Waals surface area contributed by atoms with Crippen LogP contribution in [-0.4, -0.2) is 39.1 Å². The Balaban J connectivity index is 1.71. The number of aryl methyl sites for hydroxylation is 1. The summed E-state index contributed by atoms with van der Waals surface area (Å²) in [6.07, 6.45) is 1.93. The van der Waals surface area contributed by atoms with E-state index in [0.29, 0.717) is 15.8 Å². The van der Waals surface area contributed by atoms with Crippen molar-refractivity contribution in [2.75, 3.05) is 11.4 Å². The van der Waals surface area contributed by atoms with Crippen LogP contribution in [0.1, 0.15) is 24.1 Å². The molecule has 3 aromatic rings. The van der Waals surface area contributed by atoms with Gasteiger partial charge in [0.1, 0.15) is 6.54 Å². The molecule has 29 heavy (non-hydrogen) atoms. The number of amides is 3. The second kappa shape index (κ2) is 7.88. The van der Waals surface area contributed by atoms with Gasteiger partial charge in [0.2, 0.25) is 17.7 Å². The molecule has 0 bridgehead atoms. The van der Waals surface area contributed by atoms with Crippen LogP contribution in [0.4, 0.5) is 5.13 Å². The van der Waals surface area contributed by atoms with Gasteiger partial charge < -0.3 is 0 Å². The van der Waals surface area contributed by atoms with Crippen molar-refractivity contribution >= 4 is 56.0 Å². The predicted molar refractivity (Wildman–Crippen MR) is 111 cm³/mol. The Labute approximate surface area is 175 Å². The van der Waals surface area contributed by atoms with E-state index in [9.17, 15) is 14.4 Å². The van der Waals surface area contributed by atoms with Crippen LogP contribution >= 0.6 is 22.9 Å². The minimum Gasteiger partial charge on any atom is -0.280 e. The molecule has 2 aromatic heterocycles. The van der Waals surface area contributed by atoms with Crippen LogP contribution in [0, 0.1) is 6.92 Å². The van der Waals surface area contributed by atoms with E-state index in [0.717, 1.165) is 20.7 Å². The lowest BCUT2D eigenvalue weighted by molar-refractivity contribution is -0.141. The molecule has 7 nitrogen and oxygen atoms in total. The molecule has 0 radical (unpaired) electrons. The number of pyridine rings is 1. The molecule has 1 aliphatic heterocycles. The number of rotatable bonds is 5. The smallest absolute Gasteiger partial charge is 0.249 e. The Hall–Kier alpha value is -2.84. The van der Waals surface area contributed by atoms with Crippen molar-refractivity contribution in [2.24, 2.45) is 0 Å². The topological polar surface area (TPSA) is 83.5 Å². The van der Waals surface area contributed by atoms with Crippen molar-refractivity contribution in [1.82, 2.24) is 14.9 Å². The largest absolute Gasteiger partial charge is 0.280 e. The van der Waals surface area contributed by atoms with E-state index in [1.807, 2.05) is 19.1 Å². The van der Waals surface area contributed by atoms with Gasteiger partial charge in [-0.1, -0.05) is 35.1 Å². The fourth-order valence-electron chi connectivity index (χ4n) is 3.14. The lowest BCUT2D eigenvalue weighted by Gasteiger charge is -2.22. The molecule has 0 N–H and O–H groups in total. The third kappa shape index (κ3) is 3.86. The van der Waals surface area contributed by atoms with E-state index in [2.05, 4.69) is 9.97 Å². The predicted octanol–water partition coefficient (Wildman–Crippen LogP) is 3.34. The second-order valence-corrected chi connectivity index (χ2v) is 8.10. The number of nitrogens with zero attached hydrogens (tertiary/aromatic N) is 4. The fourth-order valence-corrected chi connectivity index (χ4v) is 4.48. The molecule has 0 atom stereocenters. The molecule has 4 rings (SSSR count). The SMILES string of the molecule is Cc1ccc(Cl)c2sc(N(Cc3ccccn3)C(=O)CN3C(=O)CCC3=O)nc12. The van der Waals surface area contributed by atoms with Gasteiger partial charge in [-0.3, -0.25) is 29.2 Å². The molecular formula is C20H17ClN4O3S. The molecule has 1 saturated heterocycles. The summed E-state index contributed by atoms with van der Waals surface area (Å²) in [7, 11) is 0. The highest BCUT2D eigenvalue weighted by Gasteiger charge is 2.33. The van der Waals surface area contributed by atoms with Gasteiger partial charge in [0.05, 0.1) is 27.5 Å². The minimum absolute atomic E-state index is 0.141. The quantitative estimate of drug-likeness (QED) is 0.582. The Morgan fingerprint density at radius 1 is 1.21 bits per heavy atom. The zero-order valence-corrected chi connectivity index (χ0v) is 17.2. The average Bonchev–Trinajstić information content (AvgIpc) is 3.30. The molecule has 3 amide bonds. The summed E-state index contributed by atoms with van der Waals surface area (Å²) in [6.45, 7) is 1.79. The average molecular weight is 429 g/mol. The van der Waals surface area contributed by atoms with Crippen LogP contribution in [0.5, 0.6) is 0 Å². The fraction of sp³-hybridized carbons (Fsp3) is 0.250. The van der Waals surface area contributed by atoms with Crippen molar-refractivity contribution in [3.8, 4) is 0 Å². The van der Waals surface area contributed by atoms with Crippen LogP contribution in [0.3, 0.4) is 0 Å². The number of carbonyl (C=O) groups excluding carboxylic acids is 3. The molecule has 1 fully saturated rings. The Kier molecular flexibility index (Phi) is 5.29. The summed E-state index contributed by atoms with van der Waals surface area (Å²) in [5, 5.41) is 1.01. The van der Waals surface area contributed by atoms with Gasteiger partial charge in [0.25, 0.3) is 0 Å². The van der Waals surface area contributed by atoms with Gasteiger partial charge in [-0.2, -0.15) is 0 Å². The first-order chi connectivity index (χ1) is 13.9. The molecule has 148 valence electrons. The van der Waals surface area contributed by atoms with Crippen molar-refractivity contribution in [3.05, 3.63) is 52.8 Å². The first-order valence-corrected chi connectivity index (χ1v) is 10.2. The highest BCUT2D eigenvalue weighted by Crippen LogP contribution is 2.36. The number of likely N-dealkylation sites (tertiary alicyclic amines) is 1. The third-order valence-electron chi connectivity index (χ3n) is 4.71. The maximum atomic E-state index is 13.1. The molecule has 0 saturated carbocycles. The van der Waals surface area contributed by atoms with Gasteiger partial charge in [0, 0.05) is 19.0 Å². The standard InChI is InChI=1S/C20H17ClN4O3S/c1-12-5-6-14(21)19-18(12)23-20(29-19)25(10-13-4-2-3-9-22-13)17(28)11-24-15(26)7-8-16(24)27/h2-6,9H,7-8,10-11H2,1H3. The highest BCUT2D eigenvalue weighted by molar-refractivity contribution is 7.23. The Morgan fingerprint density at radius 2 is 1.97 bits per heavy atom. The molecule has 3 heterocycles. The number of halogens is 1. The van der Waals surface area contributed by atoms with E-state index in [1.165, 1.54) is 16.2 Å². The number of carbonyl (C=O) groups is 3. The molecule has 0 aliphatic carbocycles. The number of thiazole rings is 1. The first kappa shape index (κ1) is 19.5. The zero-order chi connectivity index (χ0) is 20.5. The molecule has 9 heteroatoms. The zero-order valence-electron chi connectivity index (χ0n) is 15.6. The molecule has 0 spiro atoms. The lowest BCUT2D eigenvalue weighted by Crippen LogP contribution is -2.42. The van der Waals surface area contributed by atoms with E-state index >= 15 is 0 Å². The van der Waals surface area contributed by atoms with Crippen LogP contribution < -0.4 is 4.90 Å². The van der Waals surface area contributed by atoms with Crippen LogP contribution in [0.15, 0.2) is 36.5 Å². The summed E-state index contributed by atoms with van der Waals surface area (Å²) in [4.78, 5) is 48.4. The summed E-state index contributed by atoms with van der Waals surface area (Å²) >= 11 is 7.62. The number of anilines is 1. The highest BCUT2D eigenvalue weighted by atomic mass is 35.5. The van der Waals surface area contributed by atoms with Crippen molar-refractivity contribution in [3.63, 3.8) is 0 Å². The van der Waals surface area contributed by atoms with Crippen molar-refractivity contribution in [2.45, 2.75) is 26.3 Å².